The molecule has 0 bridgehead atoms. The van der Waals surface area contributed by atoms with Crippen LogP contribution >= 0.6 is 0 Å². The van der Waals surface area contributed by atoms with Crippen molar-refractivity contribution in [2.75, 3.05) is 6.54 Å². The van der Waals surface area contributed by atoms with Gasteiger partial charge >= 0.3 is 0 Å². The third kappa shape index (κ3) is 4.11. The normalized spacial score (nSPS) is 14.8. The summed E-state index contributed by atoms with van der Waals surface area (Å²) in [6, 6.07) is 0.379. The van der Waals surface area contributed by atoms with Crippen molar-refractivity contribution < 1.29 is 4.52 Å². The van der Waals surface area contributed by atoms with Gasteiger partial charge in [-0.05, 0) is 26.3 Å². The van der Waals surface area contributed by atoms with E-state index >= 15 is 0 Å². The summed E-state index contributed by atoms with van der Waals surface area (Å²) in [6.45, 7) is 9.59. The summed E-state index contributed by atoms with van der Waals surface area (Å²) in [7, 11) is 0. The molecule has 0 saturated heterocycles. The van der Waals surface area contributed by atoms with E-state index in [9.17, 15) is 0 Å². The Balaban J connectivity index is 2.65. The van der Waals surface area contributed by atoms with Crippen molar-refractivity contribution >= 4 is 0 Å². The van der Waals surface area contributed by atoms with Gasteiger partial charge in [0, 0.05) is 12.5 Å². The summed E-state index contributed by atoms with van der Waals surface area (Å²) < 4.78 is 5.38. The first kappa shape index (κ1) is 14.2. The topological polar surface area (TPSA) is 51.0 Å². The monoisotopic (exact) mass is 239 g/mol. The van der Waals surface area contributed by atoms with Crippen molar-refractivity contribution in [1.82, 2.24) is 15.5 Å². The molecule has 0 spiro atoms. The van der Waals surface area contributed by atoms with E-state index < -0.39 is 0 Å². The predicted octanol–water partition coefficient (Wildman–Crippen LogP) is 2.90. The van der Waals surface area contributed by atoms with Crippen LogP contribution in [0.5, 0.6) is 0 Å². The molecule has 0 aliphatic rings. The molecule has 0 aliphatic heterocycles. The highest BCUT2D eigenvalue weighted by atomic mass is 16.5. The second-order valence-electron chi connectivity index (χ2n) is 4.51. The Hall–Kier alpha value is -0.900. The maximum absolute atomic E-state index is 5.38. The minimum absolute atomic E-state index is 0.317. The Morgan fingerprint density at radius 3 is 2.65 bits per heavy atom. The lowest BCUT2D eigenvalue weighted by Crippen LogP contribution is -2.31. The number of unbranched alkanes of at least 4 members (excludes halogenated alkanes) is 1. The summed E-state index contributed by atoms with van der Waals surface area (Å²) in [4.78, 5) is 4.50. The van der Waals surface area contributed by atoms with Gasteiger partial charge in [0.05, 0.1) is 5.92 Å². The minimum atomic E-state index is 0.317. The van der Waals surface area contributed by atoms with Gasteiger partial charge < -0.3 is 9.84 Å². The van der Waals surface area contributed by atoms with Gasteiger partial charge in [-0.2, -0.15) is 4.98 Å². The Kier molecular flexibility index (Phi) is 6.19. The molecule has 1 aromatic heterocycles. The van der Waals surface area contributed by atoms with E-state index in [1.54, 1.807) is 0 Å². The van der Waals surface area contributed by atoms with Gasteiger partial charge in [0.25, 0.3) is 0 Å². The molecule has 98 valence electrons. The Morgan fingerprint density at radius 2 is 2.06 bits per heavy atom. The highest BCUT2D eigenvalue weighted by molar-refractivity contribution is 4.98. The lowest BCUT2D eigenvalue weighted by atomic mass is 9.98. The second kappa shape index (κ2) is 7.43. The zero-order chi connectivity index (χ0) is 12.7. The lowest BCUT2D eigenvalue weighted by molar-refractivity contribution is 0.315. The SMILES string of the molecule is CCCCc1noc(C(CC)C(C)NCC)n1. The summed E-state index contributed by atoms with van der Waals surface area (Å²) >= 11 is 0. The van der Waals surface area contributed by atoms with E-state index in [1.807, 2.05) is 0 Å². The number of rotatable bonds is 8. The van der Waals surface area contributed by atoms with Crippen molar-refractivity contribution in [3.05, 3.63) is 11.7 Å². The van der Waals surface area contributed by atoms with Crippen LogP contribution in [0.3, 0.4) is 0 Å². The number of nitrogens with one attached hydrogen (secondary N) is 1. The first-order chi connectivity index (χ1) is 8.22. The summed E-state index contributed by atoms with van der Waals surface area (Å²) in [5.74, 6) is 1.95. The van der Waals surface area contributed by atoms with Crippen LogP contribution in [0.4, 0.5) is 0 Å². The largest absolute Gasteiger partial charge is 0.339 e. The van der Waals surface area contributed by atoms with Gasteiger partial charge in [0.15, 0.2) is 5.82 Å². The van der Waals surface area contributed by atoms with Crippen LogP contribution in [-0.4, -0.2) is 22.7 Å². The quantitative estimate of drug-likeness (QED) is 0.758. The van der Waals surface area contributed by atoms with E-state index in [0.717, 1.165) is 43.9 Å². The lowest BCUT2D eigenvalue weighted by Gasteiger charge is -2.19. The van der Waals surface area contributed by atoms with Crippen LogP contribution in [0, 0.1) is 0 Å². The third-order valence-corrected chi connectivity index (χ3v) is 3.12. The molecule has 0 radical (unpaired) electrons. The van der Waals surface area contributed by atoms with E-state index in [1.165, 1.54) is 0 Å². The predicted molar refractivity (Wildman–Crippen MR) is 69.1 cm³/mol. The van der Waals surface area contributed by atoms with Crippen LogP contribution in [0.2, 0.25) is 0 Å². The molecule has 0 aliphatic carbocycles. The third-order valence-electron chi connectivity index (χ3n) is 3.12. The van der Waals surface area contributed by atoms with Crippen LogP contribution in [0.25, 0.3) is 0 Å². The first-order valence-corrected chi connectivity index (χ1v) is 6.78. The summed E-state index contributed by atoms with van der Waals surface area (Å²) in [5.41, 5.74) is 0. The smallest absolute Gasteiger partial charge is 0.231 e. The van der Waals surface area contributed by atoms with Gasteiger partial charge in [-0.25, -0.2) is 0 Å². The molecule has 17 heavy (non-hydrogen) atoms. The maximum atomic E-state index is 5.38. The van der Waals surface area contributed by atoms with E-state index in [4.69, 9.17) is 4.52 Å². The molecule has 4 nitrogen and oxygen atoms in total. The van der Waals surface area contributed by atoms with E-state index in [0.29, 0.717) is 12.0 Å². The van der Waals surface area contributed by atoms with Crippen LogP contribution in [0.1, 0.15) is 64.6 Å². The van der Waals surface area contributed by atoms with Crippen molar-refractivity contribution in [1.29, 1.82) is 0 Å². The molecular formula is C13H25N3O. The zero-order valence-electron chi connectivity index (χ0n) is 11.5. The fraction of sp³-hybridized carbons (Fsp3) is 0.846. The van der Waals surface area contributed by atoms with Crippen molar-refractivity contribution in [2.45, 2.75) is 65.3 Å². The second-order valence-corrected chi connectivity index (χ2v) is 4.51. The fourth-order valence-corrected chi connectivity index (χ4v) is 2.06. The molecule has 1 rings (SSSR count). The number of likely N-dealkylation sites (N-methyl/N-ethyl adjacent to an activating group) is 1. The van der Waals surface area contributed by atoms with Crippen molar-refractivity contribution in [2.24, 2.45) is 0 Å². The molecule has 1 aromatic rings. The molecular weight excluding hydrogens is 214 g/mol. The fourth-order valence-electron chi connectivity index (χ4n) is 2.06. The van der Waals surface area contributed by atoms with Crippen LogP contribution < -0.4 is 5.32 Å². The molecule has 0 amide bonds. The van der Waals surface area contributed by atoms with Gasteiger partial charge in [0.2, 0.25) is 5.89 Å². The number of aryl methyl sites for hydroxylation is 1. The first-order valence-electron chi connectivity index (χ1n) is 6.78. The summed E-state index contributed by atoms with van der Waals surface area (Å²) in [5, 5.41) is 7.47. The maximum Gasteiger partial charge on any atom is 0.231 e. The standard InChI is InChI=1S/C13H25N3O/c1-5-8-9-12-15-13(17-16-12)11(6-2)10(4)14-7-3/h10-11,14H,5-9H2,1-4H3. The molecule has 1 heterocycles. The molecule has 4 heteroatoms. The Bertz CT molecular complexity index is 311. The van der Waals surface area contributed by atoms with E-state index in [-0.39, 0.29) is 0 Å². The zero-order valence-corrected chi connectivity index (χ0v) is 11.5. The van der Waals surface area contributed by atoms with Gasteiger partial charge in [-0.15, -0.1) is 0 Å². The van der Waals surface area contributed by atoms with E-state index in [2.05, 4.69) is 43.2 Å². The van der Waals surface area contributed by atoms with Gasteiger partial charge in [0.1, 0.15) is 0 Å². The van der Waals surface area contributed by atoms with Gasteiger partial charge in [-0.1, -0.05) is 32.3 Å². The van der Waals surface area contributed by atoms with Gasteiger partial charge in [-0.3, -0.25) is 0 Å². The molecule has 1 N–H and O–H groups in total. The molecule has 2 atom stereocenters. The van der Waals surface area contributed by atoms with Crippen LogP contribution in [-0.2, 0) is 6.42 Å². The Labute approximate surface area is 104 Å². The van der Waals surface area contributed by atoms with Crippen LogP contribution in [0.15, 0.2) is 4.52 Å². The highest BCUT2D eigenvalue weighted by Crippen LogP contribution is 2.21. The molecule has 0 fully saturated rings. The highest BCUT2D eigenvalue weighted by Gasteiger charge is 2.22. The van der Waals surface area contributed by atoms with Crippen molar-refractivity contribution in [3.63, 3.8) is 0 Å². The molecule has 0 aromatic carbocycles. The average Bonchev–Trinajstić information content (AvgIpc) is 2.76. The molecule has 2 unspecified atom stereocenters. The number of aromatic nitrogens is 2. The number of hydrogen-bond donors (Lipinski definition) is 1. The summed E-state index contributed by atoms with van der Waals surface area (Å²) in [6.07, 6.45) is 4.23. The number of nitrogens with zero attached hydrogens (tertiary/aromatic N) is 2. The number of hydrogen-bond acceptors (Lipinski definition) is 4. The molecule has 0 saturated carbocycles. The minimum Gasteiger partial charge on any atom is -0.339 e. The average molecular weight is 239 g/mol. The Morgan fingerprint density at radius 1 is 1.29 bits per heavy atom. The van der Waals surface area contributed by atoms with Crippen molar-refractivity contribution in [3.8, 4) is 0 Å².